The van der Waals surface area contributed by atoms with E-state index in [1.165, 1.54) is 24.4 Å². The summed E-state index contributed by atoms with van der Waals surface area (Å²) in [6.45, 7) is 0. The Kier molecular flexibility index (Phi) is 2.37. The van der Waals surface area contributed by atoms with Crippen molar-refractivity contribution in [1.29, 1.82) is 0 Å². The van der Waals surface area contributed by atoms with Gasteiger partial charge in [0, 0.05) is 11.1 Å². The molecule has 0 spiro atoms. The number of fused-ring (bicyclic) bond motifs is 1. The van der Waals surface area contributed by atoms with Crippen molar-refractivity contribution in [2.24, 2.45) is 0 Å². The molecule has 0 radical (unpaired) electrons. The predicted molar refractivity (Wildman–Crippen MR) is 64.5 cm³/mol. The summed E-state index contributed by atoms with van der Waals surface area (Å²) in [4.78, 5) is 12.5. The summed E-state index contributed by atoms with van der Waals surface area (Å²) in [6, 6.07) is 5.54. The smallest absolute Gasteiger partial charge is 0.189 e. The minimum absolute atomic E-state index is 0.687. The lowest BCUT2D eigenvalue weighted by atomic mass is 10.2. The second kappa shape index (κ2) is 4.02. The predicted octanol–water partition coefficient (Wildman–Crippen LogP) is 1.48. The molecule has 3 rings (SSSR count). The Morgan fingerprint density at radius 1 is 1.12 bits per heavy atom. The van der Waals surface area contributed by atoms with Crippen molar-refractivity contribution in [3.8, 4) is 0 Å². The number of nitrogens with two attached hydrogens (primary N) is 1. The van der Waals surface area contributed by atoms with Gasteiger partial charge in [-0.25, -0.2) is 15.0 Å². The van der Waals surface area contributed by atoms with Crippen molar-refractivity contribution in [3.05, 3.63) is 30.9 Å². The van der Waals surface area contributed by atoms with Gasteiger partial charge in [0.25, 0.3) is 0 Å². The summed E-state index contributed by atoms with van der Waals surface area (Å²) in [6.07, 6.45) is 2.98. The highest BCUT2D eigenvalue weighted by Crippen LogP contribution is 2.29. The zero-order valence-corrected chi connectivity index (χ0v) is 9.48. The fourth-order valence-electron chi connectivity index (χ4n) is 1.47. The third-order valence-electron chi connectivity index (χ3n) is 2.21. The fraction of sp³-hybridized carbons (Fsp3) is 0. The van der Waals surface area contributed by atoms with E-state index in [1.807, 2.05) is 18.2 Å². The Hall–Kier alpha value is -2.15. The van der Waals surface area contributed by atoms with Gasteiger partial charge in [-0.3, -0.25) is 5.10 Å². The van der Waals surface area contributed by atoms with Crippen molar-refractivity contribution < 1.29 is 0 Å². The maximum absolute atomic E-state index is 5.77. The molecule has 2 aromatic heterocycles. The Bertz CT molecular complexity index is 651. The quantitative estimate of drug-likeness (QED) is 0.524. The number of nitrogen functional groups attached to an aromatic ring is 1. The molecule has 0 fully saturated rings. The summed E-state index contributed by atoms with van der Waals surface area (Å²) in [5, 5.41) is 8.97. The first-order valence-corrected chi connectivity index (χ1v) is 5.68. The summed E-state index contributed by atoms with van der Waals surface area (Å²) in [5.41, 5.74) is 7.31. The van der Waals surface area contributed by atoms with Gasteiger partial charge in [0.15, 0.2) is 5.16 Å². The summed E-state index contributed by atoms with van der Waals surface area (Å²) < 4.78 is 0. The van der Waals surface area contributed by atoms with Crippen LogP contribution in [0.15, 0.2) is 41.0 Å². The van der Waals surface area contributed by atoms with Crippen LogP contribution in [0.3, 0.4) is 0 Å². The van der Waals surface area contributed by atoms with E-state index in [0.717, 1.165) is 15.9 Å². The molecule has 7 heteroatoms. The van der Waals surface area contributed by atoms with E-state index < -0.39 is 0 Å². The summed E-state index contributed by atoms with van der Waals surface area (Å²) in [5.74, 6) is 0. The molecule has 0 aliphatic rings. The number of aromatic amines is 1. The highest BCUT2D eigenvalue weighted by Gasteiger charge is 2.07. The number of rotatable bonds is 2. The van der Waals surface area contributed by atoms with Crippen LogP contribution >= 0.6 is 11.8 Å². The van der Waals surface area contributed by atoms with Crippen LogP contribution in [0.2, 0.25) is 0 Å². The fourth-order valence-corrected chi connectivity index (χ4v) is 2.22. The lowest BCUT2D eigenvalue weighted by Gasteiger charge is -2.03. The molecule has 0 bridgehead atoms. The number of benzene rings is 1. The maximum atomic E-state index is 5.77. The van der Waals surface area contributed by atoms with Crippen molar-refractivity contribution in [1.82, 2.24) is 25.1 Å². The molecule has 17 heavy (non-hydrogen) atoms. The first-order chi connectivity index (χ1) is 8.33. The van der Waals surface area contributed by atoms with Gasteiger partial charge in [0.05, 0.1) is 5.52 Å². The molecule has 84 valence electrons. The number of H-pyrrole nitrogens is 1. The number of nitrogens with one attached hydrogen (secondary N) is 1. The highest BCUT2D eigenvalue weighted by molar-refractivity contribution is 7.99. The third kappa shape index (κ3) is 1.92. The molecule has 0 aliphatic heterocycles. The molecular formula is C10H8N6S. The van der Waals surface area contributed by atoms with Gasteiger partial charge in [-0.15, -0.1) is 0 Å². The van der Waals surface area contributed by atoms with Gasteiger partial charge >= 0.3 is 0 Å². The lowest BCUT2D eigenvalue weighted by Crippen LogP contribution is -1.90. The summed E-state index contributed by atoms with van der Waals surface area (Å²) >= 11 is 1.40. The lowest BCUT2D eigenvalue weighted by molar-refractivity contribution is 0.967. The van der Waals surface area contributed by atoms with Gasteiger partial charge < -0.3 is 5.73 Å². The van der Waals surface area contributed by atoms with E-state index in [2.05, 4.69) is 25.1 Å². The Labute approximate surface area is 101 Å². The molecule has 6 nitrogen and oxygen atoms in total. The van der Waals surface area contributed by atoms with Gasteiger partial charge in [-0.05, 0) is 30.0 Å². The number of nitrogens with zero attached hydrogens (tertiary/aromatic N) is 4. The van der Waals surface area contributed by atoms with Crippen molar-refractivity contribution >= 4 is 28.4 Å². The van der Waals surface area contributed by atoms with Crippen LogP contribution in [0.5, 0.6) is 0 Å². The zero-order chi connectivity index (χ0) is 11.7. The normalized spacial score (nSPS) is 10.8. The average Bonchev–Trinajstić information content (AvgIpc) is 2.83. The number of hydrogen-bond acceptors (Lipinski definition) is 6. The number of aromatic nitrogens is 5. The maximum Gasteiger partial charge on any atom is 0.189 e. The molecule has 0 unspecified atom stereocenters. The number of anilines is 1. The van der Waals surface area contributed by atoms with Crippen LogP contribution in [0, 0.1) is 0 Å². The first-order valence-electron chi connectivity index (χ1n) is 4.86. The average molecular weight is 244 g/mol. The summed E-state index contributed by atoms with van der Waals surface area (Å²) in [7, 11) is 0. The van der Waals surface area contributed by atoms with Crippen molar-refractivity contribution in [2.45, 2.75) is 10.2 Å². The van der Waals surface area contributed by atoms with Gasteiger partial charge in [0.1, 0.15) is 17.7 Å². The Morgan fingerprint density at radius 3 is 2.88 bits per heavy atom. The third-order valence-corrected chi connectivity index (χ3v) is 3.12. The van der Waals surface area contributed by atoms with Crippen LogP contribution in [0.25, 0.3) is 10.9 Å². The second-order valence-electron chi connectivity index (χ2n) is 3.35. The van der Waals surface area contributed by atoms with Crippen molar-refractivity contribution in [2.75, 3.05) is 5.73 Å². The minimum Gasteiger partial charge on any atom is -0.399 e. The number of hydrogen-bond donors (Lipinski definition) is 2. The standard InChI is InChI=1S/C10H8N6S/c11-6-1-2-8-7(3-6)9(13-4-12-8)17-10-14-5-15-16-10/h1-5H,11H2,(H,14,15,16). The Balaban J connectivity index is 2.12. The molecule has 2 heterocycles. The molecular weight excluding hydrogens is 236 g/mol. The largest absolute Gasteiger partial charge is 0.399 e. The molecule has 0 amide bonds. The zero-order valence-electron chi connectivity index (χ0n) is 8.66. The topological polar surface area (TPSA) is 93.4 Å². The second-order valence-corrected chi connectivity index (χ2v) is 4.33. The monoisotopic (exact) mass is 244 g/mol. The van der Waals surface area contributed by atoms with Crippen LogP contribution in [0.4, 0.5) is 5.69 Å². The molecule has 3 N–H and O–H groups in total. The van der Waals surface area contributed by atoms with Gasteiger partial charge in [0.2, 0.25) is 0 Å². The van der Waals surface area contributed by atoms with E-state index in [1.54, 1.807) is 0 Å². The van der Waals surface area contributed by atoms with E-state index >= 15 is 0 Å². The molecule has 3 aromatic rings. The van der Waals surface area contributed by atoms with Gasteiger partial charge in [-0.2, -0.15) is 5.10 Å². The molecule has 0 aliphatic carbocycles. The van der Waals surface area contributed by atoms with Crippen LogP contribution in [0.1, 0.15) is 0 Å². The molecule has 0 saturated carbocycles. The molecule has 0 atom stereocenters. The van der Waals surface area contributed by atoms with Crippen LogP contribution in [-0.2, 0) is 0 Å². The van der Waals surface area contributed by atoms with Crippen LogP contribution in [-0.4, -0.2) is 25.1 Å². The van der Waals surface area contributed by atoms with Crippen LogP contribution < -0.4 is 5.73 Å². The molecule has 0 saturated heterocycles. The van der Waals surface area contributed by atoms with E-state index in [-0.39, 0.29) is 0 Å². The Morgan fingerprint density at radius 2 is 2.06 bits per heavy atom. The van der Waals surface area contributed by atoms with Gasteiger partial charge in [-0.1, -0.05) is 0 Å². The SMILES string of the molecule is Nc1ccc2ncnc(Sc3ncn[nH]3)c2c1. The first kappa shape index (κ1) is 10.0. The molecule has 1 aromatic carbocycles. The minimum atomic E-state index is 0.687. The van der Waals surface area contributed by atoms with E-state index in [0.29, 0.717) is 10.8 Å². The van der Waals surface area contributed by atoms with E-state index in [9.17, 15) is 0 Å². The van der Waals surface area contributed by atoms with Crippen molar-refractivity contribution in [3.63, 3.8) is 0 Å². The highest BCUT2D eigenvalue weighted by atomic mass is 32.2. The van der Waals surface area contributed by atoms with E-state index in [4.69, 9.17) is 5.73 Å².